The minimum absolute atomic E-state index is 0.0136. The summed E-state index contributed by atoms with van der Waals surface area (Å²) in [6.07, 6.45) is 2.20. The maximum Gasteiger partial charge on any atom is 0.130 e. The minimum atomic E-state index is -0.109. The van der Waals surface area contributed by atoms with E-state index in [9.17, 15) is 4.39 Å². The van der Waals surface area contributed by atoms with Crippen LogP contribution in [-0.2, 0) is 0 Å². The average molecular weight is 293 g/mol. The Labute approximate surface area is 128 Å². The molecular weight excluding hydrogens is 265 g/mol. The van der Waals surface area contributed by atoms with Crippen LogP contribution in [0.4, 0.5) is 10.1 Å². The number of likely N-dealkylation sites (N-methyl/N-ethyl adjacent to an activating group) is 1. The topological polar surface area (TPSA) is 18.5 Å². The van der Waals surface area contributed by atoms with E-state index >= 15 is 0 Å². The van der Waals surface area contributed by atoms with Gasteiger partial charge in [-0.05, 0) is 52.5 Å². The van der Waals surface area contributed by atoms with Gasteiger partial charge in [0.05, 0.1) is 0 Å². The van der Waals surface area contributed by atoms with Crippen LogP contribution >= 0.6 is 0 Å². The van der Waals surface area contributed by atoms with Crippen LogP contribution in [0.3, 0.4) is 0 Å². The Morgan fingerprint density at radius 1 is 1.38 bits per heavy atom. The molecule has 1 aliphatic heterocycles. The summed E-state index contributed by atoms with van der Waals surface area (Å²) >= 11 is 0. The second kappa shape index (κ2) is 7.23. The van der Waals surface area contributed by atoms with Gasteiger partial charge in [0.2, 0.25) is 0 Å². The third-order valence-corrected chi connectivity index (χ3v) is 4.58. The molecule has 0 aromatic heterocycles. The van der Waals surface area contributed by atoms with Crippen LogP contribution in [0.2, 0.25) is 0 Å². The van der Waals surface area contributed by atoms with Crippen molar-refractivity contribution in [2.24, 2.45) is 0 Å². The zero-order chi connectivity index (χ0) is 15.4. The summed E-state index contributed by atoms with van der Waals surface area (Å²) < 4.78 is 14.4. The fourth-order valence-electron chi connectivity index (χ4n) is 3.26. The van der Waals surface area contributed by atoms with Gasteiger partial charge < -0.3 is 15.1 Å². The van der Waals surface area contributed by atoms with Crippen LogP contribution < -0.4 is 10.2 Å². The monoisotopic (exact) mass is 293 g/mol. The summed E-state index contributed by atoms with van der Waals surface area (Å²) in [4.78, 5) is 4.80. The van der Waals surface area contributed by atoms with Gasteiger partial charge in [-0.2, -0.15) is 0 Å². The highest BCUT2D eigenvalue weighted by atomic mass is 19.1. The van der Waals surface area contributed by atoms with E-state index in [1.807, 2.05) is 20.0 Å². The number of hydrogen-bond donors (Lipinski definition) is 1. The molecule has 0 saturated carbocycles. The van der Waals surface area contributed by atoms with E-state index < -0.39 is 0 Å². The lowest BCUT2D eigenvalue weighted by atomic mass is 10.0. The number of anilines is 1. The molecule has 1 aliphatic rings. The highest BCUT2D eigenvalue weighted by Crippen LogP contribution is 2.31. The molecule has 0 bridgehead atoms. The van der Waals surface area contributed by atoms with E-state index in [0.29, 0.717) is 6.04 Å². The standard InChI is InChI=1S/C17H28FN3/c1-5-14-12-20(4)10-7-11-21(14)16-9-6-8-15(18)17(16)13(2)19-3/h6,8-9,13-14,19H,5,7,10-12H2,1-4H3. The van der Waals surface area contributed by atoms with Gasteiger partial charge in [-0.3, -0.25) is 0 Å². The van der Waals surface area contributed by atoms with Crippen molar-refractivity contribution >= 4 is 5.69 Å². The first kappa shape index (κ1) is 16.2. The first-order valence-corrected chi connectivity index (χ1v) is 7.99. The molecule has 1 saturated heterocycles. The molecule has 1 heterocycles. The zero-order valence-corrected chi connectivity index (χ0v) is 13.7. The van der Waals surface area contributed by atoms with Gasteiger partial charge >= 0.3 is 0 Å². The maximum atomic E-state index is 14.4. The number of nitrogens with one attached hydrogen (secondary N) is 1. The number of benzene rings is 1. The fourth-order valence-corrected chi connectivity index (χ4v) is 3.26. The molecule has 2 unspecified atom stereocenters. The molecule has 21 heavy (non-hydrogen) atoms. The lowest BCUT2D eigenvalue weighted by Crippen LogP contribution is -2.40. The zero-order valence-electron chi connectivity index (χ0n) is 13.7. The van der Waals surface area contributed by atoms with Gasteiger partial charge in [-0.15, -0.1) is 0 Å². The van der Waals surface area contributed by atoms with E-state index in [2.05, 4.69) is 35.2 Å². The summed E-state index contributed by atoms with van der Waals surface area (Å²) in [7, 11) is 4.06. The summed E-state index contributed by atoms with van der Waals surface area (Å²) in [5.41, 5.74) is 1.85. The van der Waals surface area contributed by atoms with E-state index in [4.69, 9.17) is 0 Å². The van der Waals surface area contributed by atoms with Crippen LogP contribution in [0.5, 0.6) is 0 Å². The molecule has 1 N–H and O–H groups in total. The number of nitrogens with zero attached hydrogens (tertiary/aromatic N) is 2. The Morgan fingerprint density at radius 2 is 2.14 bits per heavy atom. The lowest BCUT2D eigenvalue weighted by molar-refractivity contribution is 0.328. The Bertz CT molecular complexity index is 463. The average Bonchev–Trinajstić information content (AvgIpc) is 2.67. The smallest absolute Gasteiger partial charge is 0.130 e. The fraction of sp³-hybridized carbons (Fsp3) is 0.647. The molecule has 118 valence electrons. The molecule has 1 aromatic carbocycles. The molecule has 4 heteroatoms. The van der Waals surface area contributed by atoms with Crippen LogP contribution in [0.15, 0.2) is 18.2 Å². The number of halogens is 1. The summed E-state index contributed by atoms with van der Waals surface area (Å²) in [6, 6.07) is 5.93. The second-order valence-corrected chi connectivity index (χ2v) is 6.05. The number of rotatable bonds is 4. The van der Waals surface area contributed by atoms with Crippen molar-refractivity contribution in [3.63, 3.8) is 0 Å². The highest BCUT2D eigenvalue weighted by molar-refractivity contribution is 5.56. The summed E-state index contributed by atoms with van der Waals surface area (Å²) in [6.45, 7) is 7.39. The van der Waals surface area contributed by atoms with Crippen molar-refractivity contribution in [3.05, 3.63) is 29.6 Å². The van der Waals surface area contributed by atoms with E-state index in [-0.39, 0.29) is 11.9 Å². The first-order chi connectivity index (χ1) is 10.1. The molecule has 0 aliphatic carbocycles. The highest BCUT2D eigenvalue weighted by Gasteiger charge is 2.26. The van der Waals surface area contributed by atoms with Crippen LogP contribution in [0.1, 0.15) is 38.3 Å². The van der Waals surface area contributed by atoms with E-state index in [1.54, 1.807) is 6.07 Å². The van der Waals surface area contributed by atoms with Crippen LogP contribution in [0.25, 0.3) is 0 Å². The molecule has 2 atom stereocenters. The Balaban J connectivity index is 2.41. The van der Waals surface area contributed by atoms with Crippen molar-refractivity contribution in [2.45, 2.75) is 38.8 Å². The Morgan fingerprint density at radius 3 is 2.81 bits per heavy atom. The molecule has 2 rings (SSSR count). The normalized spacial score (nSPS) is 22.1. The molecule has 1 fully saturated rings. The largest absolute Gasteiger partial charge is 0.367 e. The SMILES string of the molecule is CCC1CN(C)CCCN1c1cccc(F)c1C(C)NC. The maximum absolute atomic E-state index is 14.4. The van der Waals surface area contributed by atoms with Crippen LogP contribution in [-0.4, -0.2) is 44.7 Å². The first-order valence-electron chi connectivity index (χ1n) is 7.99. The van der Waals surface area contributed by atoms with Crippen molar-refractivity contribution in [1.82, 2.24) is 10.2 Å². The molecule has 0 amide bonds. The van der Waals surface area contributed by atoms with Gasteiger partial charge in [0.15, 0.2) is 0 Å². The van der Waals surface area contributed by atoms with Crippen molar-refractivity contribution < 1.29 is 4.39 Å². The van der Waals surface area contributed by atoms with Crippen LogP contribution in [0, 0.1) is 5.82 Å². The lowest BCUT2D eigenvalue weighted by Gasteiger charge is -2.35. The predicted molar refractivity (Wildman–Crippen MR) is 87.4 cm³/mol. The molecular formula is C17H28FN3. The predicted octanol–water partition coefficient (Wildman–Crippen LogP) is 3.03. The molecule has 1 aromatic rings. The van der Waals surface area contributed by atoms with E-state index in [0.717, 1.165) is 43.7 Å². The third-order valence-electron chi connectivity index (χ3n) is 4.58. The molecule has 0 spiro atoms. The number of hydrogen-bond acceptors (Lipinski definition) is 3. The Kier molecular flexibility index (Phi) is 5.59. The third kappa shape index (κ3) is 3.55. The molecule has 3 nitrogen and oxygen atoms in total. The quantitative estimate of drug-likeness (QED) is 0.920. The minimum Gasteiger partial charge on any atom is -0.367 e. The van der Waals surface area contributed by atoms with Gasteiger partial charge in [-0.25, -0.2) is 4.39 Å². The Hall–Kier alpha value is -1.13. The summed E-state index contributed by atoms with van der Waals surface area (Å²) in [5.74, 6) is -0.109. The van der Waals surface area contributed by atoms with Crippen molar-refractivity contribution in [3.8, 4) is 0 Å². The molecule has 0 radical (unpaired) electrons. The van der Waals surface area contributed by atoms with Gasteiger partial charge in [0, 0.05) is 36.4 Å². The van der Waals surface area contributed by atoms with Crippen molar-refractivity contribution in [2.75, 3.05) is 38.6 Å². The van der Waals surface area contributed by atoms with Gasteiger partial charge in [0.1, 0.15) is 5.82 Å². The van der Waals surface area contributed by atoms with Gasteiger partial charge in [0.25, 0.3) is 0 Å². The van der Waals surface area contributed by atoms with E-state index in [1.165, 1.54) is 0 Å². The summed E-state index contributed by atoms with van der Waals surface area (Å²) in [5, 5.41) is 3.18. The second-order valence-electron chi connectivity index (χ2n) is 6.05. The van der Waals surface area contributed by atoms with Gasteiger partial charge in [-0.1, -0.05) is 13.0 Å². The van der Waals surface area contributed by atoms with Crippen molar-refractivity contribution in [1.29, 1.82) is 0 Å².